The fourth-order valence-electron chi connectivity index (χ4n) is 1.58. The molecule has 0 aliphatic heterocycles. The maximum atomic E-state index is 5.70. The predicted octanol–water partition coefficient (Wildman–Crippen LogP) is -0.481. The Kier molecular flexibility index (Phi) is 3.18. The summed E-state index contributed by atoms with van der Waals surface area (Å²) >= 11 is 0. The number of fused-ring (bicyclic) bond motifs is 1. The first-order chi connectivity index (χ1) is 8.61. The molecule has 0 aliphatic carbocycles. The third-order valence-electron chi connectivity index (χ3n) is 2.44. The average Bonchev–Trinajstić information content (AvgIpc) is 2.79. The largest absolute Gasteiger partial charge is 0.493 e. The van der Waals surface area contributed by atoms with E-state index in [9.17, 15) is 0 Å². The van der Waals surface area contributed by atoms with Crippen LogP contribution in [-0.4, -0.2) is 18.8 Å². The first-order valence-electron chi connectivity index (χ1n) is 5.37. The molecule has 0 unspecified atom stereocenters. The second-order valence-corrected chi connectivity index (χ2v) is 3.75. The Morgan fingerprint density at radius 1 is 1.39 bits per heavy atom. The zero-order valence-electron chi connectivity index (χ0n) is 10.2. The number of nitrogens with zero attached hydrogens (tertiary/aromatic N) is 1. The molecule has 1 heterocycles. The Labute approximate surface area is 104 Å². The first-order valence-corrected chi connectivity index (χ1v) is 5.37. The van der Waals surface area contributed by atoms with E-state index in [0.717, 1.165) is 5.39 Å². The lowest BCUT2D eigenvalue weighted by atomic mass is 10.2. The molecule has 0 radical (unpaired) electrons. The molecular weight excluding hydrogens is 232 g/mol. The first kappa shape index (κ1) is 12.0. The van der Waals surface area contributed by atoms with Gasteiger partial charge in [-0.25, -0.2) is 0 Å². The molecule has 0 aliphatic rings. The molecule has 6 nitrogen and oxygen atoms in total. The third-order valence-corrected chi connectivity index (χ3v) is 2.44. The molecule has 94 valence electrons. The van der Waals surface area contributed by atoms with E-state index in [0.29, 0.717) is 22.8 Å². The molecule has 0 saturated carbocycles. The number of nitrogens with one attached hydrogen (secondary N) is 1. The van der Waals surface area contributed by atoms with Gasteiger partial charge in [0.25, 0.3) is 0 Å². The van der Waals surface area contributed by atoms with Crippen LogP contribution < -0.4 is 21.3 Å². The number of furan rings is 1. The average molecular weight is 247 g/mol. The van der Waals surface area contributed by atoms with Crippen LogP contribution >= 0.6 is 0 Å². The van der Waals surface area contributed by atoms with Crippen LogP contribution in [0.25, 0.3) is 11.0 Å². The lowest BCUT2D eigenvalue weighted by molar-refractivity contribution is -0.464. The van der Waals surface area contributed by atoms with E-state index in [-0.39, 0.29) is 5.96 Å². The summed E-state index contributed by atoms with van der Waals surface area (Å²) in [6, 6.07) is 7.56. The van der Waals surface area contributed by atoms with E-state index in [1.165, 1.54) is 0 Å². The van der Waals surface area contributed by atoms with Crippen molar-refractivity contribution < 1.29 is 14.3 Å². The van der Waals surface area contributed by atoms with Crippen molar-refractivity contribution >= 4 is 22.6 Å². The van der Waals surface area contributed by atoms with Crippen molar-refractivity contribution in [3.8, 4) is 5.75 Å². The van der Waals surface area contributed by atoms with Gasteiger partial charge in [0.05, 0.1) is 7.11 Å². The standard InChI is InChI=1S/C12H14N4O2/c1-7(15-16-12(13)14)10-6-8-4-3-5-9(17-2)11(8)18-10/h3-6H,1-2H3,(H4,13,14,16)/p+1/b15-7-. The molecular formula is C12H15N4O2+. The third kappa shape index (κ3) is 2.27. The van der Waals surface area contributed by atoms with Gasteiger partial charge in [0.1, 0.15) is 5.71 Å². The molecule has 5 N–H and O–H groups in total. The number of nitrogens with two attached hydrogens (primary N) is 2. The van der Waals surface area contributed by atoms with Crippen LogP contribution in [0.1, 0.15) is 12.7 Å². The lowest BCUT2D eigenvalue weighted by Gasteiger charge is -1.98. The van der Waals surface area contributed by atoms with Crippen molar-refractivity contribution in [2.45, 2.75) is 6.92 Å². The molecule has 0 bridgehead atoms. The maximum absolute atomic E-state index is 5.70. The van der Waals surface area contributed by atoms with Gasteiger partial charge in [0.15, 0.2) is 17.1 Å². The van der Waals surface area contributed by atoms with Crippen molar-refractivity contribution in [3.63, 3.8) is 0 Å². The van der Waals surface area contributed by atoms with E-state index in [1.54, 1.807) is 14.0 Å². The van der Waals surface area contributed by atoms with Crippen molar-refractivity contribution in [1.29, 1.82) is 0 Å². The van der Waals surface area contributed by atoms with Gasteiger partial charge >= 0.3 is 5.96 Å². The normalized spacial score (nSPS) is 11.6. The summed E-state index contributed by atoms with van der Waals surface area (Å²) in [5.74, 6) is 1.34. The summed E-state index contributed by atoms with van der Waals surface area (Å²) in [5.41, 5.74) is 11.9. The van der Waals surface area contributed by atoms with Crippen molar-refractivity contribution in [3.05, 3.63) is 30.0 Å². The quantitative estimate of drug-likeness (QED) is 0.387. The number of guanidine groups is 1. The highest BCUT2D eigenvalue weighted by molar-refractivity contribution is 6.00. The summed E-state index contributed by atoms with van der Waals surface area (Å²) in [5, 5.41) is 7.42. The fraction of sp³-hybridized carbons (Fsp3) is 0.167. The monoisotopic (exact) mass is 247 g/mol. The summed E-state index contributed by atoms with van der Waals surface area (Å²) in [6.07, 6.45) is 0. The number of hydrazone groups is 1. The molecule has 2 rings (SSSR count). The number of hydrogen-bond donors (Lipinski definition) is 3. The summed E-state index contributed by atoms with van der Waals surface area (Å²) in [7, 11) is 1.60. The minimum absolute atomic E-state index is 0.0306. The zero-order chi connectivity index (χ0) is 13.1. The number of hydrogen-bond acceptors (Lipinski definition) is 3. The van der Waals surface area contributed by atoms with Crippen LogP contribution in [-0.2, 0) is 0 Å². The van der Waals surface area contributed by atoms with E-state index >= 15 is 0 Å². The summed E-state index contributed by atoms with van der Waals surface area (Å²) in [6.45, 7) is 1.79. The Morgan fingerprint density at radius 2 is 2.17 bits per heavy atom. The molecule has 1 aromatic carbocycles. The van der Waals surface area contributed by atoms with E-state index in [1.807, 2.05) is 24.3 Å². The predicted molar refractivity (Wildman–Crippen MR) is 69.3 cm³/mol. The molecule has 0 saturated heterocycles. The van der Waals surface area contributed by atoms with Gasteiger partial charge in [-0.05, 0) is 19.1 Å². The number of para-hydroxylation sites is 1. The Morgan fingerprint density at radius 3 is 2.83 bits per heavy atom. The number of ether oxygens (including phenoxy) is 1. The topological polar surface area (TPSA) is 101 Å². The van der Waals surface area contributed by atoms with Crippen molar-refractivity contribution in [1.82, 2.24) is 0 Å². The molecule has 0 atom stereocenters. The molecule has 6 heteroatoms. The van der Waals surface area contributed by atoms with Gasteiger partial charge in [-0.1, -0.05) is 12.1 Å². The van der Waals surface area contributed by atoms with Crippen LogP contribution in [0.5, 0.6) is 5.75 Å². The minimum atomic E-state index is 0.0306. The maximum Gasteiger partial charge on any atom is 0.362 e. The van der Waals surface area contributed by atoms with E-state index < -0.39 is 0 Å². The lowest BCUT2D eigenvalue weighted by Crippen LogP contribution is -2.72. The highest BCUT2D eigenvalue weighted by Crippen LogP contribution is 2.28. The molecule has 1 aromatic heterocycles. The molecule has 18 heavy (non-hydrogen) atoms. The summed E-state index contributed by atoms with van der Waals surface area (Å²) in [4.78, 5) is 0. The van der Waals surface area contributed by atoms with Crippen LogP contribution in [0.3, 0.4) is 0 Å². The fourth-order valence-corrected chi connectivity index (χ4v) is 1.58. The Balaban J connectivity index is 2.47. The van der Waals surface area contributed by atoms with Crippen molar-refractivity contribution in [2.24, 2.45) is 16.6 Å². The van der Waals surface area contributed by atoms with E-state index in [2.05, 4.69) is 10.2 Å². The molecule has 0 fully saturated rings. The second-order valence-electron chi connectivity index (χ2n) is 3.75. The van der Waals surface area contributed by atoms with E-state index in [4.69, 9.17) is 20.6 Å². The van der Waals surface area contributed by atoms with Crippen LogP contribution in [0.4, 0.5) is 0 Å². The van der Waals surface area contributed by atoms with Gasteiger partial charge in [-0.2, -0.15) is 5.10 Å². The van der Waals surface area contributed by atoms with Crippen LogP contribution in [0.2, 0.25) is 0 Å². The van der Waals surface area contributed by atoms with Gasteiger partial charge < -0.3 is 9.15 Å². The smallest absolute Gasteiger partial charge is 0.362 e. The molecule has 0 amide bonds. The number of rotatable bonds is 3. The highest BCUT2D eigenvalue weighted by atomic mass is 16.5. The van der Waals surface area contributed by atoms with Crippen molar-refractivity contribution in [2.75, 3.05) is 7.11 Å². The van der Waals surface area contributed by atoms with Gasteiger partial charge in [-0.3, -0.25) is 11.5 Å². The molecule has 0 spiro atoms. The minimum Gasteiger partial charge on any atom is -0.493 e. The van der Waals surface area contributed by atoms with Crippen LogP contribution in [0, 0.1) is 0 Å². The Bertz CT molecular complexity index is 624. The number of methoxy groups -OCH3 is 1. The van der Waals surface area contributed by atoms with Gasteiger partial charge in [0, 0.05) is 5.39 Å². The molecule has 2 aromatic rings. The van der Waals surface area contributed by atoms with Crippen LogP contribution in [0.15, 0.2) is 33.8 Å². The van der Waals surface area contributed by atoms with Gasteiger partial charge in [-0.15, -0.1) is 5.10 Å². The second kappa shape index (κ2) is 4.79. The highest BCUT2D eigenvalue weighted by Gasteiger charge is 2.10. The number of benzene rings is 1. The summed E-state index contributed by atoms with van der Waals surface area (Å²) < 4.78 is 10.9. The SMILES string of the molecule is COc1cccc2cc(/C(C)=N\[NH+]=C(N)N)oc12. The van der Waals surface area contributed by atoms with Gasteiger partial charge in [0.2, 0.25) is 0 Å². The zero-order valence-corrected chi connectivity index (χ0v) is 10.2. The Hall–Kier alpha value is -2.50.